The Balaban J connectivity index is 1.92. The van der Waals surface area contributed by atoms with Crippen LogP contribution >= 0.6 is 0 Å². The average molecular weight is 338 g/mol. The van der Waals surface area contributed by atoms with Crippen LogP contribution in [0.5, 0.6) is 0 Å². The summed E-state index contributed by atoms with van der Waals surface area (Å²) in [6.45, 7) is 7.70. The Morgan fingerprint density at radius 1 is 1.32 bits per heavy atom. The lowest BCUT2D eigenvalue weighted by atomic mass is 9.82. The molecule has 4 heteroatoms. The molecule has 2 aliphatic rings. The number of carbonyl (C=O) groups is 1. The van der Waals surface area contributed by atoms with Crippen molar-refractivity contribution in [3.63, 3.8) is 0 Å². The molecule has 1 fully saturated rings. The van der Waals surface area contributed by atoms with Gasteiger partial charge in [0.05, 0.1) is 17.7 Å². The molecular formula is C21H26N2O2. The molecule has 0 radical (unpaired) electrons. The molecule has 0 aliphatic carbocycles. The molecule has 4 nitrogen and oxygen atoms in total. The van der Waals surface area contributed by atoms with Crippen LogP contribution in [0.1, 0.15) is 63.1 Å². The molecule has 2 unspecified atom stereocenters. The fraction of sp³-hybridized carbons (Fsp3) is 0.524. The van der Waals surface area contributed by atoms with E-state index in [0.717, 1.165) is 42.4 Å². The van der Waals surface area contributed by atoms with Gasteiger partial charge in [0.25, 0.3) is 0 Å². The third-order valence-corrected chi connectivity index (χ3v) is 4.88. The van der Waals surface area contributed by atoms with Gasteiger partial charge in [-0.2, -0.15) is 5.26 Å². The lowest BCUT2D eigenvalue weighted by Crippen LogP contribution is -2.53. The maximum Gasteiger partial charge on any atom is 0.411 e. The number of nitriles is 1. The van der Waals surface area contributed by atoms with E-state index in [1.54, 1.807) is 0 Å². The van der Waals surface area contributed by atoms with Gasteiger partial charge in [-0.25, -0.2) is 4.79 Å². The maximum absolute atomic E-state index is 12.7. The number of aryl methyl sites for hydroxylation is 1. The van der Waals surface area contributed by atoms with Crippen LogP contribution in [0, 0.1) is 18.3 Å². The maximum atomic E-state index is 12.7. The van der Waals surface area contributed by atoms with Crippen molar-refractivity contribution in [1.82, 2.24) is 4.90 Å². The predicted molar refractivity (Wildman–Crippen MR) is 98.0 cm³/mol. The minimum Gasteiger partial charge on any atom is -0.444 e. The van der Waals surface area contributed by atoms with Gasteiger partial charge in [-0.1, -0.05) is 18.2 Å². The molecule has 0 N–H and O–H groups in total. The summed E-state index contributed by atoms with van der Waals surface area (Å²) < 4.78 is 5.62. The van der Waals surface area contributed by atoms with Crippen molar-refractivity contribution in [3.8, 4) is 6.07 Å². The van der Waals surface area contributed by atoms with E-state index in [1.807, 2.05) is 50.8 Å². The first-order valence-corrected chi connectivity index (χ1v) is 9.01. The van der Waals surface area contributed by atoms with Gasteiger partial charge in [0.2, 0.25) is 0 Å². The number of amides is 1. The van der Waals surface area contributed by atoms with Crippen LogP contribution in [-0.4, -0.2) is 28.7 Å². The van der Waals surface area contributed by atoms with Crippen molar-refractivity contribution >= 4 is 11.7 Å². The number of carbonyl (C=O) groups excluding carboxylic acids is 1. The molecule has 1 amide bonds. The molecule has 0 saturated carbocycles. The van der Waals surface area contributed by atoms with Crippen LogP contribution in [0.4, 0.5) is 4.79 Å². The van der Waals surface area contributed by atoms with Crippen LogP contribution in [0.25, 0.3) is 5.57 Å². The van der Waals surface area contributed by atoms with E-state index in [2.05, 4.69) is 12.1 Å². The van der Waals surface area contributed by atoms with Crippen molar-refractivity contribution in [2.45, 2.75) is 71.1 Å². The second-order valence-electron chi connectivity index (χ2n) is 8.10. The van der Waals surface area contributed by atoms with Crippen LogP contribution < -0.4 is 0 Å². The van der Waals surface area contributed by atoms with Crippen molar-refractivity contribution in [3.05, 3.63) is 41.0 Å². The largest absolute Gasteiger partial charge is 0.444 e. The van der Waals surface area contributed by atoms with Crippen molar-refractivity contribution in [1.29, 1.82) is 5.26 Å². The van der Waals surface area contributed by atoms with Gasteiger partial charge in [-0.05, 0) is 76.1 Å². The van der Waals surface area contributed by atoms with E-state index in [-0.39, 0.29) is 18.2 Å². The fourth-order valence-corrected chi connectivity index (χ4v) is 3.86. The minimum atomic E-state index is -0.486. The normalized spacial score (nSPS) is 22.8. The molecule has 2 heterocycles. The first-order valence-electron chi connectivity index (χ1n) is 9.01. The topological polar surface area (TPSA) is 53.3 Å². The molecule has 1 aromatic rings. The standard InChI is InChI=1S/C21H26N2O2/c1-14-8-9-19(16(10-14)13-22)15-11-17-6-5-7-18(12-15)23(17)20(24)25-21(2,3)4/h8-11,17-18H,5-7,12H2,1-4H3. The summed E-state index contributed by atoms with van der Waals surface area (Å²) in [5, 5.41) is 9.48. The Hall–Kier alpha value is -2.28. The third kappa shape index (κ3) is 3.71. The summed E-state index contributed by atoms with van der Waals surface area (Å²) in [6.07, 6.45) is 5.80. The summed E-state index contributed by atoms with van der Waals surface area (Å²) in [5.74, 6) is 0. The highest BCUT2D eigenvalue weighted by Gasteiger charge is 2.39. The van der Waals surface area contributed by atoms with Gasteiger partial charge in [0, 0.05) is 6.04 Å². The van der Waals surface area contributed by atoms with Crippen LogP contribution in [0.2, 0.25) is 0 Å². The average Bonchev–Trinajstić information content (AvgIpc) is 2.51. The molecule has 2 bridgehead atoms. The highest BCUT2D eigenvalue weighted by Crippen LogP contribution is 2.38. The monoisotopic (exact) mass is 338 g/mol. The molecule has 25 heavy (non-hydrogen) atoms. The van der Waals surface area contributed by atoms with Gasteiger partial charge in [-0.15, -0.1) is 0 Å². The lowest BCUT2D eigenvalue weighted by Gasteiger charge is -2.45. The second kappa shape index (κ2) is 6.55. The summed E-state index contributed by atoms with van der Waals surface area (Å²) in [6, 6.07) is 8.56. The number of hydrogen-bond acceptors (Lipinski definition) is 3. The lowest BCUT2D eigenvalue weighted by molar-refractivity contribution is 0.0000858. The van der Waals surface area contributed by atoms with Crippen molar-refractivity contribution < 1.29 is 9.53 Å². The van der Waals surface area contributed by atoms with E-state index >= 15 is 0 Å². The number of nitrogens with zero attached hydrogens (tertiary/aromatic N) is 2. The Morgan fingerprint density at radius 3 is 2.72 bits per heavy atom. The number of fused-ring (bicyclic) bond motifs is 2. The molecule has 0 spiro atoms. The summed E-state index contributed by atoms with van der Waals surface area (Å²) in [4.78, 5) is 14.6. The number of rotatable bonds is 1. The van der Waals surface area contributed by atoms with Crippen LogP contribution in [0.15, 0.2) is 24.3 Å². The Morgan fingerprint density at radius 2 is 2.08 bits per heavy atom. The van der Waals surface area contributed by atoms with Gasteiger partial charge >= 0.3 is 6.09 Å². The first kappa shape index (κ1) is 17.5. The molecule has 2 aliphatic heterocycles. The highest BCUT2D eigenvalue weighted by atomic mass is 16.6. The van der Waals surface area contributed by atoms with Gasteiger partial charge in [0.1, 0.15) is 5.60 Å². The molecular weight excluding hydrogens is 312 g/mol. The number of ether oxygens (including phenoxy) is 1. The smallest absolute Gasteiger partial charge is 0.411 e. The number of hydrogen-bond donors (Lipinski definition) is 0. The van der Waals surface area contributed by atoms with E-state index in [1.165, 1.54) is 5.57 Å². The molecule has 1 aromatic carbocycles. The van der Waals surface area contributed by atoms with Crippen LogP contribution in [-0.2, 0) is 4.74 Å². The van der Waals surface area contributed by atoms with Gasteiger partial charge in [0.15, 0.2) is 0 Å². The predicted octanol–water partition coefficient (Wildman–Crippen LogP) is 4.81. The van der Waals surface area contributed by atoms with Gasteiger partial charge < -0.3 is 4.74 Å². The summed E-state index contributed by atoms with van der Waals surface area (Å²) in [7, 11) is 0. The summed E-state index contributed by atoms with van der Waals surface area (Å²) in [5.41, 5.74) is 3.52. The van der Waals surface area contributed by atoms with Gasteiger partial charge in [-0.3, -0.25) is 4.90 Å². The Labute approximate surface area is 150 Å². The SMILES string of the molecule is Cc1ccc(C2=CC3CCCC(C2)N3C(=O)OC(C)(C)C)c(C#N)c1. The van der Waals surface area contributed by atoms with E-state index in [0.29, 0.717) is 0 Å². The Kier molecular flexibility index (Phi) is 4.60. The summed E-state index contributed by atoms with van der Waals surface area (Å²) >= 11 is 0. The molecule has 132 valence electrons. The van der Waals surface area contributed by atoms with Crippen molar-refractivity contribution in [2.75, 3.05) is 0 Å². The van der Waals surface area contributed by atoms with Crippen LogP contribution in [0.3, 0.4) is 0 Å². The molecule has 2 atom stereocenters. The quantitative estimate of drug-likeness (QED) is 0.738. The van der Waals surface area contributed by atoms with E-state index in [4.69, 9.17) is 4.74 Å². The third-order valence-electron chi connectivity index (χ3n) is 4.88. The number of piperidine rings is 1. The minimum absolute atomic E-state index is 0.0604. The molecule has 1 saturated heterocycles. The van der Waals surface area contributed by atoms with E-state index in [9.17, 15) is 10.1 Å². The Bertz CT molecular complexity index is 752. The zero-order chi connectivity index (χ0) is 18.2. The first-order chi connectivity index (χ1) is 11.8. The number of benzene rings is 1. The van der Waals surface area contributed by atoms with E-state index < -0.39 is 5.60 Å². The molecule has 3 rings (SSSR count). The van der Waals surface area contributed by atoms with Crippen molar-refractivity contribution in [2.24, 2.45) is 0 Å². The highest BCUT2D eigenvalue weighted by molar-refractivity contribution is 5.76. The zero-order valence-electron chi connectivity index (χ0n) is 15.5. The molecule has 0 aromatic heterocycles. The zero-order valence-corrected chi connectivity index (χ0v) is 15.5. The fourth-order valence-electron chi connectivity index (χ4n) is 3.86. The second-order valence-corrected chi connectivity index (χ2v) is 8.10.